The molecule has 4 heteroatoms. The molecule has 3 N–H and O–H groups in total. The molecule has 0 heterocycles. The van der Waals surface area contributed by atoms with E-state index in [0.717, 1.165) is 5.56 Å². The summed E-state index contributed by atoms with van der Waals surface area (Å²) in [5, 5.41) is 9.24. The minimum atomic E-state index is 0.135. The minimum absolute atomic E-state index is 0.135. The Labute approximate surface area is 83.2 Å². The van der Waals surface area contributed by atoms with Gasteiger partial charge < -0.3 is 14.7 Å². The maximum absolute atomic E-state index is 9.24. The second-order valence-corrected chi connectivity index (χ2v) is 3.16. The highest BCUT2D eigenvalue weighted by Gasteiger charge is 2.11. The van der Waals surface area contributed by atoms with Crippen LogP contribution in [0.5, 0.6) is 11.5 Å². The van der Waals surface area contributed by atoms with E-state index >= 15 is 0 Å². The zero-order valence-electron chi connectivity index (χ0n) is 8.36. The molecule has 0 saturated heterocycles. The lowest BCUT2D eigenvalue weighted by molar-refractivity contribution is 0.126. The molecule has 1 rings (SSSR count). The third kappa shape index (κ3) is 2.37. The standard InChI is InChI=1S/C10H15NO3/c1-7(6-14-11)9-4-3-8(12)5-10(9)13-2/h3-5,7,12H,6,11H2,1-2H3. The maximum Gasteiger partial charge on any atom is 0.126 e. The highest BCUT2D eigenvalue weighted by atomic mass is 16.6. The summed E-state index contributed by atoms with van der Waals surface area (Å²) in [5.74, 6) is 5.97. The van der Waals surface area contributed by atoms with E-state index < -0.39 is 0 Å². The normalized spacial score (nSPS) is 12.5. The third-order valence-corrected chi connectivity index (χ3v) is 2.09. The second-order valence-electron chi connectivity index (χ2n) is 3.16. The Morgan fingerprint density at radius 3 is 2.79 bits per heavy atom. The van der Waals surface area contributed by atoms with Crippen molar-refractivity contribution < 1.29 is 14.7 Å². The predicted octanol–water partition coefficient (Wildman–Crippen LogP) is 1.39. The van der Waals surface area contributed by atoms with Crippen LogP contribution in [0.1, 0.15) is 18.4 Å². The topological polar surface area (TPSA) is 64.7 Å². The van der Waals surface area contributed by atoms with Gasteiger partial charge in [-0.05, 0) is 11.6 Å². The number of hydrogen-bond acceptors (Lipinski definition) is 4. The van der Waals surface area contributed by atoms with Gasteiger partial charge in [-0.15, -0.1) is 0 Å². The molecule has 14 heavy (non-hydrogen) atoms. The number of phenolic OH excluding ortho intramolecular Hbond substituents is 1. The van der Waals surface area contributed by atoms with Crippen LogP contribution in [0.25, 0.3) is 0 Å². The summed E-state index contributed by atoms with van der Waals surface area (Å²) < 4.78 is 5.14. The van der Waals surface area contributed by atoms with Crippen LogP contribution >= 0.6 is 0 Å². The maximum atomic E-state index is 9.24. The molecule has 0 saturated carbocycles. The van der Waals surface area contributed by atoms with Crippen molar-refractivity contribution in [2.24, 2.45) is 5.90 Å². The van der Waals surface area contributed by atoms with Gasteiger partial charge in [0.2, 0.25) is 0 Å². The molecule has 0 aliphatic rings. The van der Waals surface area contributed by atoms with Gasteiger partial charge in [-0.25, -0.2) is 5.90 Å². The Kier molecular flexibility index (Phi) is 3.73. The highest BCUT2D eigenvalue weighted by Crippen LogP contribution is 2.29. The van der Waals surface area contributed by atoms with Crippen LogP contribution in [0, 0.1) is 0 Å². The van der Waals surface area contributed by atoms with E-state index in [-0.39, 0.29) is 11.7 Å². The van der Waals surface area contributed by atoms with Crippen molar-refractivity contribution in [3.8, 4) is 11.5 Å². The largest absolute Gasteiger partial charge is 0.508 e. The molecule has 0 amide bonds. The van der Waals surface area contributed by atoms with Gasteiger partial charge in [0, 0.05) is 12.0 Å². The van der Waals surface area contributed by atoms with Crippen LogP contribution in [0.2, 0.25) is 0 Å². The molecule has 1 atom stereocenters. The lowest BCUT2D eigenvalue weighted by Crippen LogP contribution is -2.09. The highest BCUT2D eigenvalue weighted by molar-refractivity contribution is 5.41. The number of nitrogens with two attached hydrogens (primary N) is 1. The number of aromatic hydroxyl groups is 1. The van der Waals surface area contributed by atoms with Crippen molar-refractivity contribution in [2.45, 2.75) is 12.8 Å². The Morgan fingerprint density at radius 1 is 1.50 bits per heavy atom. The van der Waals surface area contributed by atoms with E-state index in [4.69, 9.17) is 10.6 Å². The van der Waals surface area contributed by atoms with Crippen LogP contribution in [0.3, 0.4) is 0 Å². The predicted molar refractivity (Wildman–Crippen MR) is 53.2 cm³/mol. The number of phenols is 1. The SMILES string of the molecule is COc1cc(O)ccc1C(C)CON. The monoisotopic (exact) mass is 197 g/mol. The van der Waals surface area contributed by atoms with E-state index in [0.29, 0.717) is 12.4 Å². The van der Waals surface area contributed by atoms with Crippen molar-refractivity contribution in [1.29, 1.82) is 0 Å². The van der Waals surface area contributed by atoms with Crippen LogP contribution in [-0.2, 0) is 4.84 Å². The van der Waals surface area contributed by atoms with Gasteiger partial charge in [-0.2, -0.15) is 0 Å². The first kappa shape index (κ1) is 10.8. The van der Waals surface area contributed by atoms with Crippen LogP contribution in [0.4, 0.5) is 0 Å². The zero-order valence-corrected chi connectivity index (χ0v) is 8.36. The first-order chi connectivity index (χ1) is 6.69. The molecule has 1 unspecified atom stereocenters. The van der Waals surface area contributed by atoms with E-state index in [2.05, 4.69) is 4.84 Å². The van der Waals surface area contributed by atoms with Crippen molar-refractivity contribution in [1.82, 2.24) is 0 Å². The smallest absolute Gasteiger partial charge is 0.126 e. The molecule has 0 spiro atoms. The Balaban J connectivity index is 2.95. The summed E-state index contributed by atoms with van der Waals surface area (Å²) in [6, 6.07) is 4.99. The lowest BCUT2D eigenvalue weighted by atomic mass is 10.0. The quantitative estimate of drug-likeness (QED) is 0.716. The van der Waals surface area contributed by atoms with E-state index in [1.807, 2.05) is 6.92 Å². The number of benzene rings is 1. The summed E-state index contributed by atoms with van der Waals surface area (Å²) >= 11 is 0. The average Bonchev–Trinajstić information content (AvgIpc) is 2.17. The van der Waals surface area contributed by atoms with Crippen LogP contribution in [-0.4, -0.2) is 18.8 Å². The van der Waals surface area contributed by atoms with Gasteiger partial charge >= 0.3 is 0 Å². The lowest BCUT2D eigenvalue weighted by Gasteiger charge is -2.14. The summed E-state index contributed by atoms with van der Waals surface area (Å²) in [4.78, 5) is 4.57. The Hall–Kier alpha value is -1.26. The Bertz CT molecular complexity index is 301. The number of rotatable bonds is 4. The van der Waals surface area contributed by atoms with Crippen molar-refractivity contribution in [3.05, 3.63) is 23.8 Å². The number of methoxy groups -OCH3 is 1. The molecule has 0 aromatic heterocycles. The molecule has 0 bridgehead atoms. The molecule has 1 aromatic carbocycles. The molecule has 1 aromatic rings. The summed E-state index contributed by atoms with van der Waals surface area (Å²) in [5.41, 5.74) is 0.968. The number of hydrogen-bond donors (Lipinski definition) is 2. The van der Waals surface area contributed by atoms with Gasteiger partial charge in [-0.1, -0.05) is 13.0 Å². The summed E-state index contributed by atoms with van der Waals surface area (Å²) in [6.07, 6.45) is 0. The molecule has 0 radical (unpaired) electrons. The van der Waals surface area contributed by atoms with E-state index in [1.165, 1.54) is 0 Å². The average molecular weight is 197 g/mol. The fourth-order valence-corrected chi connectivity index (χ4v) is 1.34. The van der Waals surface area contributed by atoms with Gasteiger partial charge in [0.15, 0.2) is 0 Å². The molecule has 78 valence electrons. The van der Waals surface area contributed by atoms with Crippen LogP contribution in [0.15, 0.2) is 18.2 Å². The molecule has 0 fully saturated rings. The molecular formula is C10H15NO3. The first-order valence-electron chi connectivity index (χ1n) is 4.37. The molecule has 0 aliphatic carbocycles. The fourth-order valence-electron chi connectivity index (χ4n) is 1.34. The van der Waals surface area contributed by atoms with E-state index in [9.17, 15) is 5.11 Å². The van der Waals surface area contributed by atoms with Gasteiger partial charge in [-0.3, -0.25) is 0 Å². The van der Waals surface area contributed by atoms with E-state index in [1.54, 1.807) is 25.3 Å². The molecule has 0 aliphatic heterocycles. The van der Waals surface area contributed by atoms with Gasteiger partial charge in [0.05, 0.1) is 13.7 Å². The zero-order chi connectivity index (χ0) is 10.6. The van der Waals surface area contributed by atoms with Crippen molar-refractivity contribution in [3.63, 3.8) is 0 Å². The summed E-state index contributed by atoms with van der Waals surface area (Å²) in [7, 11) is 1.56. The molecular weight excluding hydrogens is 182 g/mol. The third-order valence-electron chi connectivity index (χ3n) is 2.09. The van der Waals surface area contributed by atoms with Crippen LogP contribution < -0.4 is 10.6 Å². The first-order valence-corrected chi connectivity index (χ1v) is 4.37. The number of ether oxygens (including phenoxy) is 1. The minimum Gasteiger partial charge on any atom is -0.508 e. The summed E-state index contributed by atoms with van der Waals surface area (Å²) in [6.45, 7) is 2.39. The fraction of sp³-hybridized carbons (Fsp3) is 0.400. The van der Waals surface area contributed by atoms with Crippen molar-refractivity contribution in [2.75, 3.05) is 13.7 Å². The van der Waals surface area contributed by atoms with Crippen molar-refractivity contribution >= 4 is 0 Å². The molecule has 4 nitrogen and oxygen atoms in total. The Morgan fingerprint density at radius 2 is 2.21 bits per heavy atom. The second kappa shape index (κ2) is 4.83. The van der Waals surface area contributed by atoms with Gasteiger partial charge in [0.25, 0.3) is 0 Å². The van der Waals surface area contributed by atoms with Gasteiger partial charge in [0.1, 0.15) is 11.5 Å².